The van der Waals surface area contributed by atoms with E-state index in [9.17, 15) is 15.2 Å². The molecule has 11 nitrogen and oxygen atoms in total. The van der Waals surface area contributed by atoms with Crippen molar-refractivity contribution in [3.63, 3.8) is 0 Å². The number of rotatable bonds is 2. The number of hydrogen-bond donors (Lipinski definition) is 3. The molecular weight excluding hydrogens is 376 g/mol. The Bertz CT molecular complexity index is 356. The van der Waals surface area contributed by atoms with Crippen molar-refractivity contribution in [3.8, 4) is 0 Å². The molecule has 0 aliphatic rings. The Morgan fingerprint density at radius 1 is 1.00 bits per heavy atom. The van der Waals surface area contributed by atoms with Crippen molar-refractivity contribution >= 4 is 7.82 Å². The second kappa shape index (κ2) is 7.25. The van der Waals surface area contributed by atoms with E-state index < -0.39 is 35.1 Å². The van der Waals surface area contributed by atoms with E-state index >= 15 is 0 Å². The summed E-state index contributed by atoms with van der Waals surface area (Å²) in [7, 11) is -5.14. The normalized spacial score (nSPS) is 12.1. The molecule has 0 heterocycles. The third-order valence-corrected chi connectivity index (χ3v) is 2.92. The van der Waals surface area contributed by atoms with Crippen LogP contribution in [0.4, 0.5) is 0 Å². The van der Waals surface area contributed by atoms with Crippen LogP contribution in [0, 0.1) is 0 Å². The van der Waals surface area contributed by atoms with Crippen LogP contribution in [0.2, 0.25) is 0 Å². The van der Waals surface area contributed by atoms with Crippen LogP contribution in [-0.2, 0) is 69.3 Å². The molecule has 0 spiro atoms. The molecule has 0 amide bonds. The van der Waals surface area contributed by atoms with Crippen LogP contribution in [0.15, 0.2) is 0 Å². The number of hydrogen-bond acceptors (Lipinski definition) is 8. The molecule has 3 N–H and O–H groups in total. The first-order valence-corrected chi connectivity index (χ1v) is 7.87. The average Bonchev–Trinajstić information content (AvgIpc) is 1.42. The van der Waals surface area contributed by atoms with Gasteiger partial charge in [0.15, 0.2) is 0 Å². The Kier molecular flexibility index (Phi) is 10.2. The Balaban J connectivity index is -0.000000208. The van der Waals surface area contributed by atoms with Crippen LogP contribution >= 0.6 is 7.82 Å². The molecule has 0 atom stereocenters. The van der Waals surface area contributed by atoms with E-state index in [1.165, 1.54) is 0 Å². The summed E-state index contributed by atoms with van der Waals surface area (Å²) in [5.74, 6) is 0. The minimum atomic E-state index is -5.76. The zero-order valence-corrected chi connectivity index (χ0v) is 13.0. The van der Waals surface area contributed by atoms with Gasteiger partial charge in [0.05, 0.1) is 7.82 Å². The maximum atomic E-state index is 9.53. The van der Waals surface area contributed by atoms with Gasteiger partial charge in [-0.2, -0.15) is 0 Å². The summed E-state index contributed by atoms with van der Waals surface area (Å²) in [6.07, 6.45) is 0. The zero-order chi connectivity index (χ0) is 12.2. The fourth-order valence-electron chi connectivity index (χ4n) is 0.109. The molecule has 0 saturated carbocycles. The largest absolute Gasteiger partial charge is 2.00 e. The first kappa shape index (κ1) is 21.2. The van der Waals surface area contributed by atoms with Gasteiger partial charge in [0.1, 0.15) is 0 Å². The summed E-state index contributed by atoms with van der Waals surface area (Å²) in [6.45, 7) is 0. The van der Waals surface area contributed by atoms with Gasteiger partial charge in [0, 0.05) is 0 Å². The van der Waals surface area contributed by atoms with Crippen molar-refractivity contribution in [3.05, 3.63) is 0 Å². The molecule has 0 bridgehead atoms. The van der Waals surface area contributed by atoms with Crippen LogP contribution in [0.3, 0.4) is 0 Å². The predicted molar refractivity (Wildman–Crippen MR) is 18.1 cm³/mol. The fraction of sp³-hybridized carbons (Fsp3) is 0. The minimum absolute atomic E-state index is 0. The topological polar surface area (TPSA) is 201 Å². The monoisotopic (exact) mass is 378 g/mol. The van der Waals surface area contributed by atoms with Crippen molar-refractivity contribution < 1.29 is 92.3 Å². The van der Waals surface area contributed by atoms with E-state index in [1.54, 1.807) is 0 Å². The summed E-state index contributed by atoms with van der Waals surface area (Å²) in [4.78, 5) is 24.3. The van der Waals surface area contributed by atoms with Crippen LogP contribution in [-0.4, -0.2) is 13.2 Å². The molecule has 0 aliphatic carbocycles. The van der Waals surface area contributed by atoms with Crippen molar-refractivity contribution in [2.75, 3.05) is 0 Å². The summed E-state index contributed by atoms with van der Waals surface area (Å²) in [5, 5.41) is 0. The third kappa shape index (κ3) is 52.2. The van der Waals surface area contributed by atoms with Gasteiger partial charge in [0.25, 0.3) is 0 Å². The molecule has 0 radical (unpaired) electrons. The molecule has 15 heavy (non-hydrogen) atoms. The molecule has 15 heteroatoms. The van der Waals surface area contributed by atoms with Gasteiger partial charge < -0.3 is 19.2 Å². The molecular formula is H3Cr2O11PZn. The van der Waals surface area contributed by atoms with Gasteiger partial charge in [-0.1, -0.05) is 0 Å². The van der Waals surface area contributed by atoms with Crippen molar-refractivity contribution in [1.82, 2.24) is 0 Å². The van der Waals surface area contributed by atoms with Crippen molar-refractivity contribution in [1.29, 1.82) is 0 Å². The van der Waals surface area contributed by atoms with E-state index in [1.807, 2.05) is 0 Å². The van der Waals surface area contributed by atoms with Crippen LogP contribution < -0.4 is 9.79 Å². The summed E-state index contributed by atoms with van der Waals surface area (Å²) >= 11 is -11.5. The van der Waals surface area contributed by atoms with Crippen LogP contribution in [0.1, 0.15) is 0 Å². The van der Waals surface area contributed by atoms with Gasteiger partial charge in [-0.15, -0.1) is 0 Å². The van der Waals surface area contributed by atoms with Gasteiger partial charge in [-0.25, -0.2) is 0 Å². The Hall–Kier alpha value is 0.878. The molecule has 0 aromatic rings. The minimum Gasteiger partial charge on any atom is 2.00 e. The number of phosphoric acid groups is 1. The SMILES string of the molecule is O=P([O-])([O-])O.[O]=[Cr](=[O])([OH])[O][Cr](=[O])(=[O])[OH].[Zn+2]. The molecule has 88 valence electrons. The molecule has 0 unspecified atom stereocenters. The third-order valence-electron chi connectivity index (χ3n) is 0.172. The van der Waals surface area contributed by atoms with Gasteiger partial charge in [-0.3, -0.25) is 0 Å². The smallest absolute Gasteiger partial charge is 2.00 e. The maximum absolute atomic E-state index is 9.53. The quantitative estimate of drug-likeness (QED) is 0.313. The van der Waals surface area contributed by atoms with E-state index in [0.717, 1.165) is 0 Å². The summed E-state index contributed by atoms with van der Waals surface area (Å²) in [5.41, 5.74) is 0. The standard InChI is InChI=1S/2Cr.H3O4P.2H2O.5O.Zn/c;;1-5(2,3)4;;;;;;;;/h;;(H3,1,2,3,4);2*1H2;;;;;;/q2*+1;;;;;;;;;+2/p-4. The zero-order valence-electron chi connectivity index (χ0n) is 6.58. The summed E-state index contributed by atoms with van der Waals surface area (Å²) < 4.78 is 64.9. The van der Waals surface area contributed by atoms with Gasteiger partial charge in [0.2, 0.25) is 0 Å². The first-order chi connectivity index (χ1) is 5.71. The van der Waals surface area contributed by atoms with E-state index in [0.29, 0.717) is 0 Å². The van der Waals surface area contributed by atoms with E-state index in [4.69, 9.17) is 27.6 Å². The van der Waals surface area contributed by atoms with Gasteiger partial charge in [-0.05, 0) is 0 Å². The molecule has 0 aromatic heterocycles. The van der Waals surface area contributed by atoms with E-state index in [2.05, 4.69) is 2.84 Å². The van der Waals surface area contributed by atoms with Crippen LogP contribution in [0.5, 0.6) is 0 Å². The Morgan fingerprint density at radius 2 is 1.13 bits per heavy atom. The molecule has 0 aliphatic heterocycles. The predicted octanol–water partition coefficient (Wildman–Crippen LogP) is -3.86. The van der Waals surface area contributed by atoms with Crippen molar-refractivity contribution in [2.24, 2.45) is 0 Å². The summed E-state index contributed by atoms with van der Waals surface area (Å²) in [6, 6.07) is 0. The first-order valence-electron chi connectivity index (χ1n) is 2.11. The second-order valence-corrected chi connectivity index (χ2v) is 6.09. The molecule has 0 saturated heterocycles. The van der Waals surface area contributed by atoms with E-state index in [-0.39, 0.29) is 19.5 Å². The fourth-order valence-corrected chi connectivity index (χ4v) is 1.85. The maximum Gasteiger partial charge on any atom is 2.00 e. The average molecular weight is 379 g/mol. The van der Waals surface area contributed by atoms with Crippen molar-refractivity contribution in [2.45, 2.75) is 0 Å². The Morgan fingerprint density at radius 3 is 1.13 bits per heavy atom. The van der Waals surface area contributed by atoms with Crippen LogP contribution in [0.25, 0.3) is 0 Å². The molecule has 0 fully saturated rings. The van der Waals surface area contributed by atoms with Gasteiger partial charge >= 0.3 is 73.1 Å². The second-order valence-electron chi connectivity index (χ2n) is 1.39. The Labute approximate surface area is 99.8 Å². The molecule has 0 aromatic carbocycles. The molecule has 0 rings (SSSR count).